The van der Waals surface area contributed by atoms with Crippen LogP contribution in [0.2, 0.25) is 0 Å². The summed E-state index contributed by atoms with van der Waals surface area (Å²) in [5, 5.41) is 6.06. The van der Waals surface area contributed by atoms with Crippen LogP contribution in [0.4, 0.5) is 11.4 Å². The minimum Gasteiger partial charge on any atom is -0.366 e. The lowest BCUT2D eigenvalue weighted by atomic mass is 9.98. The van der Waals surface area contributed by atoms with Crippen molar-refractivity contribution in [2.45, 2.75) is 59.4 Å². The lowest BCUT2D eigenvalue weighted by Gasteiger charge is -2.32. The summed E-state index contributed by atoms with van der Waals surface area (Å²) in [5.41, 5.74) is 6.62. The number of nitrogens with one attached hydrogen (secondary N) is 2. The zero-order valence-electron chi connectivity index (χ0n) is 22.3. The van der Waals surface area contributed by atoms with E-state index in [1.807, 2.05) is 42.5 Å². The van der Waals surface area contributed by atoms with Crippen LogP contribution in [0.25, 0.3) is 0 Å². The van der Waals surface area contributed by atoms with Crippen LogP contribution >= 0.6 is 0 Å². The SMILES string of the molecule is CCCCCc1ccc(C(=O)Nc2ccc(N3CCc4ccccc4C3)c(C(=O)NCC(C)C)c2)cc1. The van der Waals surface area contributed by atoms with Gasteiger partial charge in [-0.1, -0.05) is 70.0 Å². The van der Waals surface area contributed by atoms with Gasteiger partial charge in [0.25, 0.3) is 11.8 Å². The summed E-state index contributed by atoms with van der Waals surface area (Å²) in [4.78, 5) is 28.5. The Hall–Kier alpha value is -3.60. The smallest absolute Gasteiger partial charge is 0.255 e. The van der Waals surface area contributed by atoms with E-state index in [0.29, 0.717) is 29.3 Å². The fraction of sp³-hybridized carbons (Fsp3) is 0.375. The van der Waals surface area contributed by atoms with Crippen LogP contribution in [0.1, 0.15) is 77.4 Å². The van der Waals surface area contributed by atoms with Crippen molar-refractivity contribution >= 4 is 23.2 Å². The Labute approximate surface area is 221 Å². The molecule has 0 spiro atoms. The van der Waals surface area contributed by atoms with Crippen molar-refractivity contribution in [1.29, 1.82) is 0 Å². The summed E-state index contributed by atoms with van der Waals surface area (Å²) in [5.74, 6) is 0.0606. The number of carbonyl (C=O) groups is 2. The number of rotatable bonds is 10. The first kappa shape index (κ1) is 26.5. The van der Waals surface area contributed by atoms with Crippen LogP contribution in [-0.2, 0) is 19.4 Å². The zero-order chi connectivity index (χ0) is 26.2. The quantitative estimate of drug-likeness (QED) is 0.310. The molecule has 0 aromatic heterocycles. The number of carbonyl (C=O) groups excluding carboxylic acids is 2. The molecule has 4 rings (SSSR count). The molecule has 0 saturated carbocycles. The maximum absolute atomic E-state index is 13.3. The Balaban J connectivity index is 1.53. The number of anilines is 2. The fourth-order valence-corrected chi connectivity index (χ4v) is 4.77. The van der Waals surface area contributed by atoms with E-state index in [9.17, 15) is 9.59 Å². The lowest BCUT2D eigenvalue weighted by Crippen LogP contribution is -2.34. The molecule has 2 N–H and O–H groups in total. The van der Waals surface area contributed by atoms with Crippen LogP contribution in [0.3, 0.4) is 0 Å². The third-order valence-electron chi connectivity index (χ3n) is 6.93. The molecule has 5 nitrogen and oxygen atoms in total. The molecular formula is C32H39N3O2. The molecule has 0 unspecified atom stereocenters. The molecule has 0 atom stereocenters. The van der Waals surface area contributed by atoms with Crippen molar-refractivity contribution < 1.29 is 9.59 Å². The van der Waals surface area contributed by atoms with Crippen molar-refractivity contribution in [3.63, 3.8) is 0 Å². The summed E-state index contributed by atoms with van der Waals surface area (Å²) >= 11 is 0. The van der Waals surface area contributed by atoms with Gasteiger partial charge in [-0.2, -0.15) is 0 Å². The Morgan fingerprint density at radius 2 is 1.68 bits per heavy atom. The minimum atomic E-state index is -0.173. The second kappa shape index (κ2) is 12.6. The number of hydrogen-bond acceptors (Lipinski definition) is 3. The van der Waals surface area contributed by atoms with E-state index < -0.39 is 0 Å². The number of unbranched alkanes of at least 4 members (excludes halogenated alkanes) is 2. The van der Waals surface area contributed by atoms with Gasteiger partial charge >= 0.3 is 0 Å². The van der Waals surface area contributed by atoms with Gasteiger partial charge in [0, 0.05) is 36.6 Å². The van der Waals surface area contributed by atoms with Gasteiger partial charge in [0.1, 0.15) is 0 Å². The first-order chi connectivity index (χ1) is 17.9. The highest BCUT2D eigenvalue weighted by Crippen LogP contribution is 2.30. The maximum Gasteiger partial charge on any atom is 0.255 e. The fourth-order valence-electron chi connectivity index (χ4n) is 4.77. The third kappa shape index (κ3) is 7.00. The molecule has 0 aliphatic carbocycles. The monoisotopic (exact) mass is 497 g/mol. The zero-order valence-corrected chi connectivity index (χ0v) is 22.3. The van der Waals surface area contributed by atoms with Gasteiger partial charge in [-0.25, -0.2) is 0 Å². The van der Waals surface area contributed by atoms with Crippen LogP contribution in [0, 0.1) is 5.92 Å². The number of nitrogens with zero attached hydrogens (tertiary/aromatic N) is 1. The summed E-state index contributed by atoms with van der Waals surface area (Å²) < 4.78 is 0. The highest BCUT2D eigenvalue weighted by molar-refractivity contribution is 6.06. The number of hydrogen-bond donors (Lipinski definition) is 2. The first-order valence-corrected chi connectivity index (χ1v) is 13.6. The molecule has 3 aromatic rings. The van der Waals surface area contributed by atoms with Gasteiger partial charge in [0.15, 0.2) is 0 Å². The minimum absolute atomic E-state index is 0.116. The Bertz CT molecular complexity index is 1220. The molecule has 0 fully saturated rings. The summed E-state index contributed by atoms with van der Waals surface area (Å²) in [6.45, 7) is 8.56. The van der Waals surface area contributed by atoms with E-state index in [0.717, 1.165) is 31.6 Å². The summed E-state index contributed by atoms with van der Waals surface area (Å²) in [6, 6.07) is 22.0. The summed E-state index contributed by atoms with van der Waals surface area (Å²) in [6.07, 6.45) is 5.55. The first-order valence-electron chi connectivity index (χ1n) is 13.6. The van der Waals surface area contributed by atoms with Gasteiger partial charge < -0.3 is 15.5 Å². The number of aryl methyl sites for hydroxylation is 1. The number of fused-ring (bicyclic) bond motifs is 1. The van der Waals surface area contributed by atoms with Crippen LogP contribution in [0.15, 0.2) is 66.7 Å². The molecule has 37 heavy (non-hydrogen) atoms. The summed E-state index contributed by atoms with van der Waals surface area (Å²) in [7, 11) is 0. The second-order valence-corrected chi connectivity index (χ2v) is 10.4. The Kier molecular flexibility index (Phi) is 8.99. The number of benzene rings is 3. The third-order valence-corrected chi connectivity index (χ3v) is 6.93. The van der Waals surface area contributed by atoms with E-state index in [2.05, 4.69) is 60.6 Å². The van der Waals surface area contributed by atoms with Gasteiger partial charge in [-0.3, -0.25) is 9.59 Å². The van der Waals surface area contributed by atoms with Crippen molar-refractivity contribution in [3.05, 3.63) is 94.5 Å². The second-order valence-electron chi connectivity index (χ2n) is 10.4. The Morgan fingerprint density at radius 1 is 0.919 bits per heavy atom. The highest BCUT2D eigenvalue weighted by Gasteiger charge is 2.22. The molecule has 5 heteroatoms. The van der Waals surface area contributed by atoms with E-state index in [1.54, 1.807) is 0 Å². The van der Waals surface area contributed by atoms with Crippen molar-refractivity contribution in [2.75, 3.05) is 23.3 Å². The maximum atomic E-state index is 13.3. The predicted octanol–water partition coefficient (Wildman–Crippen LogP) is 6.62. The average Bonchev–Trinajstić information content (AvgIpc) is 2.92. The normalized spacial score (nSPS) is 12.8. The predicted molar refractivity (Wildman–Crippen MR) is 152 cm³/mol. The van der Waals surface area contributed by atoms with Crippen molar-refractivity contribution in [1.82, 2.24) is 5.32 Å². The largest absolute Gasteiger partial charge is 0.366 e. The molecule has 1 aliphatic heterocycles. The molecular weight excluding hydrogens is 458 g/mol. The average molecular weight is 498 g/mol. The standard InChI is InChI=1S/C32H39N3O2/c1-4-5-6-9-24-12-14-26(15-13-24)31(36)34-28-16-17-30(29(20-28)32(37)33-21-23(2)3)35-19-18-25-10-7-8-11-27(25)22-35/h7-8,10-17,20,23H,4-6,9,18-19,21-22H2,1-3H3,(H,33,37)(H,34,36). The van der Waals surface area contributed by atoms with Gasteiger partial charge in [0.2, 0.25) is 0 Å². The van der Waals surface area contributed by atoms with Crippen molar-refractivity contribution in [3.8, 4) is 0 Å². The molecule has 2 amide bonds. The van der Waals surface area contributed by atoms with E-state index in [1.165, 1.54) is 36.0 Å². The molecule has 0 radical (unpaired) electrons. The van der Waals surface area contributed by atoms with Crippen LogP contribution in [-0.4, -0.2) is 24.9 Å². The molecule has 0 bridgehead atoms. The highest BCUT2D eigenvalue weighted by atomic mass is 16.2. The Morgan fingerprint density at radius 3 is 2.41 bits per heavy atom. The van der Waals surface area contributed by atoms with E-state index in [-0.39, 0.29) is 11.8 Å². The van der Waals surface area contributed by atoms with Crippen molar-refractivity contribution in [2.24, 2.45) is 5.92 Å². The number of amides is 2. The van der Waals surface area contributed by atoms with Crippen LogP contribution < -0.4 is 15.5 Å². The van der Waals surface area contributed by atoms with E-state index >= 15 is 0 Å². The van der Waals surface area contributed by atoms with Gasteiger partial charge in [0.05, 0.1) is 5.56 Å². The molecule has 0 saturated heterocycles. The van der Waals surface area contributed by atoms with E-state index in [4.69, 9.17) is 0 Å². The molecule has 194 valence electrons. The topological polar surface area (TPSA) is 61.4 Å². The van der Waals surface area contributed by atoms with Gasteiger partial charge in [-0.05, 0) is 72.2 Å². The van der Waals surface area contributed by atoms with Crippen LogP contribution in [0.5, 0.6) is 0 Å². The molecule has 1 heterocycles. The molecule has 1 aliphatic rings. The molecule has 3 aromatic carbocycles. The van der Waals surface area contributed by atoms with Gasteiger partial charge in [-0.15, -0.1) is 0 Å². The lowest BCUT2D eigenvalue weighted by molar-refractivity contribution is 0.0948.